The number of hydrogen-bond acceptors (Lipinski definition) is 7. The molecule has 0 spiro atoms. The minimum Gasteiger partial charge on any atom is -0.506 e. The zero-order chi connectivity index (χ0) is 22.8. The van der Waals surface area contributed by atoms with Crippen molar-refractivity contribution in [2.45, 2.75) is 19.4 Å². The summed E-state index contributed by atoms with van der Waals surface area (Å²) in [6.07, 6.45) is 0.645. The highest BCUT2D eigenvalue weighted by Crippen LogP contribution is 2.45. The summed E-state index contributed by atoms with van der Waals surface area (Å²) in [5, 5.41) is 11.4. The number of rotatable bonds is 6. The number of aliphatic hydroxyl groups excluding tert-OH is 1. The Hall–Kier alpha value is -3.68. The molecule has 2 aliphatic rings. The van der Waals surface area contributed by atoms with E-state index in [-0.39, 0.29) is 16.9 Å². The number of amides is 1. The number of likely N-dealkylation sites (tertiary alicyclic amines) is 1. The van der Waals surface area contributed by atoms with Crippen LogP contribution in [0.15, 0.2) is 42.0 Å². The van der Waals surface area contributed by atoms with Crippen molar-refractivity contribution in [3.8, 4) is 23.0 Å². The molecule has 0 aromatic heterocycles. The zero-order valence-electron chi connectivity index (χ0n) is 18.2. The van der Waals surface area contributed by atoms with Gasteiger partial charge in [0.2, 0.25) is 0 Å². The van der Waals surface area contributed by atoms with Crippen LogP contribution in [0, 0.1) is 0 Å². The molecule has 2 aromatic carbocycles. The first-order valence-electron chi connectivity index (χ1n) is 10.4. The van der Waals surface area contributed by atoms with Gasteiger partial charge in [0.15, 0.2) is 11.5 Å². The highest BCUT2D eigenvalue weighted by atomic mass is 16.6. The van der Waals surface area contributed by atoms with Crippen LogP contribution < -0.4 is 18.9 Å². The number of hydrogen-bond donors (Lipinski definition) is 1. The maximum absolute atomic E-state index is 13.1. The third kappa shape index (κ3) is 3.51. The van der Waals surface area contributed by atoms with Gasteiger partial charge in [0, 0.05) is 6.54 Å². The van der Waals surface area contributed by atoms with Crippen LogP contribution in [0.3, 0.4) is 0 Å². The average molecular weight is 439 g/mol. The van der Waals surface area contributed by atoms with Crippen LogP contribution in [0.2, 0.25) is 0 Å². The van der Waals surface area contributed by atoms with E-state index in [2.05, 4.69) is 0 Å². The van der Waals surface area contributed by atoms with Crippen molar-refractivity contribution < 1.29 is 33.6 Å². The molecule has 1 fully saturated rings. The van der Waals surface area contributed by atoms with Gasteiger partial charge in [-0.15, -0.1) is 0 Å². The fourth-order valence-electron chi connectivity index (χ4n) is 4.15. The average Bonchev–Trinajstić information content (AvgIpc) is 3.08. The summed E-state index contributed by atoms with van der Waals surface area (Å²) < 4.78 is 22.1. The summed E-state index contributed by atoms with van der Waals surface area (Å²) in [5.74, 6) is 0.000531. The molecule has 168 valence electrons. The lowest BCUT2D eigenvalue weighted by Crippen LogP contribution is -2.30. The van der Waals surface area contributed by atoms with Crippen LogP contribution in [0.5, 0.6) is 23.0 Å². The number of carbonyl (C=O) groups is 2. The number of carbonyl (C=O) groups excluding carboxylic acids is 2. The molecule has 1 saturated heterocycles. The van der Waals surface area contributed by atoms with Gasteiger partial charge in [0.05, 0.1) is 25.8 Å². The molecule has 0 radical (unpaired) electrons. The van der Waals surface area contributed by atoms with Crippen molar-refractivity contribution >= 4 is 17.4 Å². The molecule has 4 rings (SSSR count). The Morgan fingerprint density at radius 3 is 2.34 bits per heavy atom. The number of ketones is 1. The Balaban J connectivity index is 1.93. The van der Waals surface area contributed by atoms with E-state index < -0.39 is 17.7 Å². The highest BCUT2D eigenvalue weighted by Gasteiger charge is 2.46. The molecule has 2 heterocycles. The van der Waals surface area contributed by atoms with Crippen LogP contribution in [-0.2, 0) is 9.59 Å². The molecule has 0 aliphatic carbocycles. The van der Waals surface area contributed by atoms with Gasteiger partial charge < -0.3 is 29.0 Å². The molecule has 1 unspecified atom stereocenters. The summed E-state index contributed by atoms with van der Waals surface area (Å²) in [7, 11) is 2.92. The first-order chi connectivity index (χ1) is 15.5. The fourth-order valence-corrected chi connectivity index (χ4v) is 4.15. The largest absolute Gasteiger partial charge is 0.506 e. The van der Waals surface area contributed by atoms with E-state index in [9.17, 15) is 14.7 Å². The molecule has 1 atom stereocenters. The van der Waals surface area contributed by atoms with E-state index in [1.807, 2.05) is 6.92 Å². The van der Waals surface area contributed by atoms with Gasteiger partial charge in [-0.3, -0.25) is 9.59 Å². The maximum Gasteiger partial charge on any atom is 0.295 e. The van der Waals surface area contributed by atoms with Gasteiger partial charge in [-0.05, 0) is 36.2 Å². The molecule has 0 bridgehead atoms. The van der Waals surface area contributed by atoms with Gasteiger partial charge in [-0.1, -0.05) is 19.1 Å². The van der Waals surface area contributed by atoms with Crippen LogP contribution in [-0.4, -0.2) is 55.7 Å². The first kappa shape index (κ1) is 21.5. The van der Waals surface area contributed by atoms with Crippen molar-refractivity contribution in [2.75, 3.05) is 34.0 Å². The second kappa shape index (κ2) is 8.82. The van der Waals surface area contributed by atoms with Crippen molar-refractivity contribution in [2.24, 2.45) is 0 Å². The summed E-state index contributed by atoms with van der Waals surface area (Å²) in [6.45, 7) is 3.13. The Bertz CT molecular complexity index is 1070. The molecule has 0 saturated carbocycles. The molecule has 2 aromatic rings. The minimum atomic E-state index is -0.791. The Morgan fingerprint density at radius 1 is 1.06 bits per heavy atom. The summed E-state index contributed by atoms with van der Waals surface area (Å²) in [4.78, 5) is 27.5. The topological polar surface area (TPSA) is 94.5 Å². The van der Waals surface area contributed by atoms with Crippen molar-refractivity contribution in [1.29, 1.82) is 0 Å². The number of benzene rings is 2. The Kier molecular flexibility index (Phi) is 5.94. The second-order valence-corrected chi connectivity index (χ2v) is 7.43. The molecule has 32 heavy (non-hydrogen) atoms. The van der Waals surface area contributed by atoms with Crippen LogP contribution in [0.4, 0.5) is 0 Å². The van der Waals surface area contributed by atoms with Crippen molar-refractivity contribution in [1.82, 2.24) is 4.90 Å². The summed E-state index contributed by atoms with van der Waals surface area (Å²) in [5.41, 5.74) is 0.829. The third-order valence-electron chi connectivity index (χ3n) is 5.55. The second-order valence-electron chi connectivity index (χ2n) is 7.43. The van der Waals surface area contributed by atoms with E-state index in [0.717, 1.165) is 0 Å². The molecule has 1 N–H and O–H groups in total. The first-order valence-corrected chi connectivity index (χ1v) is 10.4. The Labute approximate surface area is 185 Å². The van der Waals surface area contributed by atoms with Crippen LogP contribution in [0.1, 0.15) is 30.5 Å². The van der Waals surface area contributed by atoms with E-state index in [1.165, 1.54) is 19.1 Å². The summed E-state index contributed by atoms with van der Waals surface area (Å²) >= 11 is 0. The molecular formula is C24H25NO7. The highest BCUT2D eigenvalue weighted by molar-refractivity contribution is 6.46. The lowest BCUT2D eigenvalue weighted by molar-refractivity contribution is -0.139. The quantitative estimate of drug-likeness (QED) is 0.419. The standard InChI is InChI=1S/C24H25NO7/c1-4-10-25-21(14-8-9-15-18(13-14)32-12-11-31-15)20(23(27)24(25)28)22(26)19-16(29-2)6-5-7-17(19)30-3/h5-9,13,21,26H,4,10-12H2,1-3H3/b22-20+. The Morgan fingerprint density at radius 2 is 1.72 bits per heavy atom. The summed E-state index contributed by atoms with van der Waals surface area (Å²) in [6, 6.07) is 9.50. The van der Waals surface area contributed by atoms with Gasteiger partial charge >= 0.3 is 0 Å². The monoisotopic (exact) mass is 439 g/mol. The van der Waals surface area contributed by atoms with Crippen LogP contribution >= 0.6 is 0 Å². The molecule has 2 aliphatic heterocycles. The fraction of sp³-hybridized carbons (Fsp3) is 0.333. The number of methoxy groups -OCH3 is 2. The number of Topliss-reactive ketones (excluding diaryl/α,β-unsaturated/α-hetero) is 1. The predicted octanol–water partition coefficient (Wildman–Crippen LogP) is 3.31. The number of aliphatic hydroxyl groups is 1. The van der Waals surface area contributed by atoms with E-state index in [0.29, 0.717) is 54.7 Å². The predicted molar refractivity (Wildman–Crippen MR) is 116 cm³/mol. The molecule has 1 amide bonds. The van der Waals surface area contributed by atoms with Gasteiger partial charge in [-0.2, -0.15) is 0 Å². The normalized spacial score (nSPS) is 19.2. The number of ether oxygens (including phenoxy) is 4. The minimum absolute atomic E-state index is 0.0251. The van der Waals surface area contributed by atoms with E-state index in [1.54, 1.807) is 36.4 Å². The molecule has 8 heteroatoms. The smallest absolute Gasteiger partial charge is 0.295 e. The van der Waals surface area contributed by atoms with Gasteiger partial charge in [-0.25, -0.2) is 0 Å². The zero-order valence-corrected chi connectivity index (χ0v) is 18.2. The van der Waals surface area contributed by atoms with E-state index in [4.69, 9.17) is 18.9 Å². The van der Waals surface area contributed by atoms with Crippen LogP contribution in [0.25, 0.3) is 5.76 Å². The number of fused-ring (bicyclic) bond motifs is 1. The maximum atomic E-state index is 13.1. The van der Waals surface area contributed by atoms with Crippen molar-refractivity contribution in [3.05, 3.63) is 53.1 Å². The SMILES string of the molecule is CCCN1C(=O)C(=O)/C(=C(/O)c2c(OC)cccc2OC)C1c1ccc2c(c1)OCCO2. The third-order valence-corrected chi connectivity index (χ3v) is 5.55. The van der Waals surface area contributed by atoms with Gasteiger partial charge in [0.1, 0.15) is 36.0 Å². The lowest BCUT2D eigenvalue weighted by atomic mass is 9.94. The van der Waals surface area contributed by atoms with E-state index >= 15 is 0 Å². The molecule has 8 nitrogen and oxygen atoms in total. The number of nitrogens with zero attached hydrogens (tertiary/aromatic N) is 1. The van der Waals surface area contributed by atoms with Gasteiger partial charge in [0.25, 0.3) is 11.7 Å². The lowest BCUT2D eigenvalue weighted by Gasteiger charge is -2.26. The van der Waals surface area contributed by atoms with Crippen molar-refractivity contribution in [3.63, 3.8) is 0 Å². The molecular weight excluding hydrogens is 414 g/mol.